The molecule has 0 aromatic carbocycles. The molecule has 5 nitrogen and oxygen atoms in total. The summed E-state index contributed by atoms with van der Waals surface area (Å²) in [7, 11) is 0. The Labute approximate surface area is 117 Å². The van der Waals surface area contributed by atoms with Crippen molar-refractivity contribution in [3.05, 3.63) is 15.6 Å². The molecule has 19 heavy (non-hydrogen) atoms. The predicted octanol–water partition coefficient (Wildman–Crippen LogP) is 2.10. The molecule has 0 bridgehead atoms. The molecule has 1 atom stereocenters. The highest BCUT2D eigenvalue weighted by molar-refractivity contribution is 7.13. The second-order valence-corrected chi connectivity index (χ2v) is 6.26. The molecule has 1 rings (SSSR count). The van der Waals surface area contributed by atoms with Gasteiger partial charge >= 0.3 is 5.97 Å². The quantitative estimate of drug-likeness (QED) is 0.838. The smallest absolute Gasteiger partial charge is 0.308 e. The van der Waals surface area contributed by atoms with Crippen LogP contribution in [0.2, 0.25) is 0 Å². The van der Waals surface area contributed by atoms with Crippen molar-refractivity contribution in [2.24, 2.45) is 11.8 Å². The van der Waals surface area contributed by atoms with Crippen LogP contribution in [0.3, 0.4) is 0 Å². The Hall–Kier alpha value is -1.43. The van der Waals surface area contributed by atoms with E-state index in [0.717, 1.165) is 17.1 Å². The first-order chi connectivity index (χ1) is 8.81. The number of rotatable bonds is 6. The molecule has 0 aliphatic carbocycles. The van der Waals surface area contributed by atoms with Crippen LogP contribution >= 0.6 is 11.3 Å². The number of aliphatic carboxylic acids is 1. The summed E-state index contributed by atoms with van der Waals surface area (Å²) in [5.41, 5.74) is 0.804. The molecule has 0 radical (unpaired) electrons. The molecule has 2 N–H and O–H groups in total. The van der Waals surface area contributed by atoms with Crippen molar-refractivity contribution in [3.63, 3.8) is 0 Å². The van der Waals surface area contributed by atoms with Gasteiger partial charge in [0.05, 0.1) is 16.6 Å². The van der Waals surface area contributed by atoms with Crippen molar-refractivity contribution in [1.29, 1.82) is 0 Å². The van der Waals surface area contributed by atoms with E-state index < -0.39 is 11.9 Å². The van der Waals surface area contributed by atoms with E-state index >= 15 is 0 Å². The van der Waals surface area contributed by atoms with E-state index in [4.69, 9.17) is 5.11 Å². The number of carbonyl (C=O) groups is 2. The maximum atomic E-state index is 12.1. The minimum atomic E-state index is -0.914. The van der Waals surface area contributed by atoms with Crippen molar-refractivity contribution >= 4 is 23.2 Å². The second-order valence-electron chi connectivity index (χ2n) is 5.06. The lowest BCUT2D eigenvalue weighted by Crippen LogP contribution is -2.31. The van der Waals surface area contributed by atoms with Crippen LogP contribution in [-0.4, -0.2) is 28.5 Å². The van der Waals surface area contributed by atoms with Gasteiger partial charge in [0.25, 0.3) is 5.91 Å². The van der Waals surface area contributed by atoms with Crippen LogP contribution in [0.4, 0.5) is 0 Å². The summed E-state index contributed by atoms with van der Waals surface area (Å²) in [6.45, 7) is 7.71. The molecule has 0 saturated carbocycles. The minimum absolute atomic E-state index is 0.131. The van der Waals surface area contributed by atoms with Crippen LogP contribution in [0.15, 0.2) is 0 Å². The van der Waals surface area contributed by atoms with Crippen LogP contribution in [0, 0.1) is 18.8 Å². The fourth-order valence-corrected chi connectivity index (χ4v) is 2.45. The van der Waals surface area contributed by atoms with Crippen molar-refractivity contribution in [2.45, 2.75) is 34.1 Å². The van der Waals surface area contributed by atoms with Crippen LogP contribution in [0.5, 0.6) is 0 Å². The molecule has 1 unspecified atom stereocenters. The Morgan fingerprint density at radius 1 is 1.37 bits per heavy atom. The number of amides is 1. The molecule has 0 fully saturated rings. The zero-order chi connectivity index (χ0) is 14.6. The fourth-order valence-electron chi connectivity index (χ4n) is 1.59. The van der Waals surface area contributed by atoms with Gasteiger partial charge in [0.15, 0.2) is 0 Å². The van der Waals surface area contributed by atoms with Gasteiger partial charge in [-0.2, -0.15) is 0 Å². The largest absolute Gasteiger partial charge is 0.481 e. The molecular formula is C13H20N2O3S. The SMILES string of the molecule is Cc1nc(CC(C)C)c(C(=O)NCC(C)C(=O)O)s1. The minimum Gasteiger partial charge on any atom is -0.481 e. The summed E-state index contributed by atoms with van der Waals surface area (Å²) in [5.74, 6) is -1.31. The Balaban J connectivity index is 2.73. The first kappa shape index (κ1) is 15.6. The van der Waals surface area contributed by atoms with Gasteiger partial charge in [-0.05, 0) is 19.3 Å². The van der Waals surface area contributed by atoms with Crippen molar-refractivity contribution in [1.82, 2.24) is 10.3 Å². The monoisotopic (exact) mass is 284 g/mol. The number of carbonyl (C=O) groups excluding carboxylic acids is 1. The molecule has 1 amide bonds. The summed E-state index contributed by atoms with van der Waals surface area (Å²) < 4.78 is 0. The summed E-state index contributed by atoms with van der Waals surface area (Å²) in [4.78, 5) is 27.7. The molecule has 106 valence electrons. The molecule has 6 heteroatoms. The van der Waals surface area contributed by atoms with Gasteiger partial charge in [0.2, 0.25) is 0 Å². The topological polar surface area (TPSA) is 79.3 Å². The third-order valence-corrected chi connectivity index (χ3v) is 3.61. The molecule has 0 spiro atoms. The maximum Gasteiger partial charge on any atom is 0.308 e. The Morgan fingerprint density at radius 3 is 2.53 bits per heavy atom. The predicted molar refractivity (Wildman–Crippen MR) is 74.5 cm³/mol. The molecular weight excluding hydrogens is 264 g/mol. The lowest BCUT2D eigenvalue weighted by Gasteiger charge is -2.09. The molecule has 1 aromatic heterocycles. The van der Waals surface area contributed by atoms with Crippen molar-refractivity contribution < 1.29 is 14.7 Å². The lowest BCUT2D eigenvalue weighted by molar-refractivity contribution is -0.140. The van der Waals surface area contributed by atoms with E-state index in [-0.39, 0.29) is 12.5 Å². The second kappa shape index (κ2) is 6.65. The third-order valence-electron chi connectivity index (χ3n) is 2.60. The molecule has 0 saturated heterocycles. The zero-order valence-electron chi connectivity index (χ0n) is 11.7. The number of nitrogens with zero attached hydrogens (tertiary/aromatic N) is 1. The first-order valence-electron chi connectivity index (χ1n) is 6.28. The molecule has 1 aromatic rings. The number of carboxylic acids is 1. The summed E-state index contributed by atoms with van der Waals surface area (Å²) in [6, 6.07) is 0. The number of aryl methyl sites for hydroxylation is 1. The van der Waals surface area contributed by atoms with E-state index in [9.17, 15) is 9.59 Å². The molecule has 0 aliphatic rings. The van der Waals surface area contributed by atoms with Crippen LogP contribution in [-0.2, 0) is 11.2 Å². The summed E-state index contributed by atoms with van der Waals surface area (Å²) in [5, 5.41) is 12.3. The van der Waals surface area contributed by atoms with Gasteiger partial charge in [-0.25, -0.2) is 4.98 Å². The lowest BCUT2D eigenvalue weighted by atomic mass is 10.1. The summed E-state index contributed by atoms with van der Waals surface area (Å²) in [6.07, 6.45) is 0.752. The number of aromatic nitrogens is 1. The van der Waals surface area contributed by atoms with E-state index in [0.29, 0.717) is 10.8 Å². The van der Waals surface area contributed by atoms with Gasteiger partial charge in [0.1, 0.15) is 4.88 Å². The highest BCUT2D eigenvalue weighted by atomic mass is 32.1. The van der Waals surface area contributed by atoms with Crippen molar-refractivity contribution in [3.8, 4) is 0 Å². The Bertz CT molecular complexity index is 468. The fraction of sp³-hybridized carbons (Fsp3) is 0.615. The van der Waals surface area contributed by atoms with E-state index in [1.54, 1.807) is 6.92 Å². The standard InChI is InChI=1S/C13H20N2O3S/c1-7(2)5-10-11(19-9(4)15-10)12(16)14-6-8(3)13(17)18/h7-8H,5-6H2,1-4H3,(H,14,16)(H,17,18). The first-order valence-corrected chi connectivity index (χ1v) is 7.10. The highest BCUT2D eigenvalue weighted by Gasteiger charge is 2.19. The summed E-state index contributed by atoms with van der Waals surface area (Å²) >= 11 is 1.35. The zero-order valence-corrected chi connectivity index (χ0v) is 12.5. The number of nitrogens with one attached hydrogen (secondary N) is 1. The van der Waals surface area contributed by atoms with Crippen LogP contribution < -0.4 is 5.32 Å². The van der Waals surface area contributed by atoms with Gasteiger partial charge in [-0.1, -0.05) is 20.8 Å². The molecule has 1 heterocycles. The Kier molecular flexibility index (Phi) is 5.47. The molecule has 0 aliphatic heterocycles. The van der Waals surface area contributed by atoms with Crippen molar-refractivity contribution in [2.75, 3.05) is 6.54 Å². The van der Waals surface area contributed by atoms with Gasteiger partial charge in [0, 0.05) is 6.54 Å². The van der Waals surface area contributed by atoms with Gasteiger partial charge < -0.3 is 10.4 Å². The Morgan fingerprint density at radius 2 is 2.00 bits per heavy atom. The number of thiazole rings is 1. The van der Waals surface area contributed by atoms with E-state index in [1.165, 1.54) is 11.3 Å². The van der Waals surface area contributed by atoms with E-state index in [2.05, 4.69) is 24.1 Å². The maximum absolute atomic E-state index is 12.1. The van der Waals surface area contributed by atoms with Gasteiger partial charge in [-0.15, -0.1) is 11.3 Å². The number of hydrogen-bond acceptors (Lipinski definition) is 4. The normalized spacial score (nSPS) is 12.5. The average Bonchev–Trinajstić information content (AvgIpc) is 2.65. The number of hydrogen-bond donors (Lipinski definition) is 2. The third kappa shape index (κ3) is 4.63. The van der Waals surface area contributed by atoms with Gasteiger partial charge in [-0.3, -0.25) is 9.59 Å². The van der Waals surface area contributed by atoms with Crippen LogP contribution in [0.25, 0.3) is 0 Å². The number of carboxylic acid groups (broad SMARTS) is 1. The average molecular weight is 284 g/mol. The highest BCUT2D eigenvalue weighted by Crippen LogP contribution is 2.20. The van der Waals surface area contributed by atoms with E-state index in [1.807, 2.05) is 6.92 Å². The van der Waals surface area contributed by atoms with Crippen LogP contribution in [0.1, 0.15) is 41.1 Å².